The second-order valence-corrected chi connectivity index (χ2v) is 5.66. The lowest BCUT2D eigenvalue weighted by molar-refractivity contribution is 0.530. The summed E-state index contributed by atoms with van der Waals surface area (Å²) < 4.78 is 5.35. The summed E-state index contributed by atoms with van der Waals surface area (Å²) in [6.45, 7) is 6.40. The zero-order valence-corrected chi connectivity index (χ0v) is 12.4. The average Bonchev–Trinajstić information content (AvgIpc) is 2.91. The molecular weight excluding hydrogens is 254 g/mol. The first-order valence-electron chi connectivity index (χ1n) is 6.75. The first-order valence-corrected chi connectivity index (χ1v) is 7.73. The van der Waals surface area contributed by atoms with Crippen LogP contribution >= 0.6 is 11.8 Å². The van der Waals surface area contributed by atoms with Crippen molar-refractivity contribution in [3.05, 3.63) is 53.5 Å². The first-order chi connectivity index (χ1) is 9.29. The van der Waals surface area contributed by atoms with Gasteiger partial charge in [0.1, 0.15) is 5.76 Å². The molecule has 2 rings (SSSR count). The van der Waals surface area contributed by atoms with Crippen molar-refractivity contribution in [1.82, 2.24) is 5.32 Å². The van der Waals surface area contributed by atoms with E-state index >= 15 is 0 Å². The Labute approximate surface area is 119 Å². The molecule has 0 saturated heterocycles. The molecule has 0 fully saturated rings. The zero-order valence-electron chi connectivity index (χ0n) is 11.6. The van der Waals surface area contributed by atoms with E-state index in [-0.39, 0.29) is 0 Å². The van der Waals surface area contributed by atoms with Crippen LogP contribution in [0.1, 0.15) is 30.2 Å². The Bertz CT molecular complexity index is 493. The summed E-state index contributed by atoms with van der Waals surface area (Å²) in [5.74, 6) is 1.92. The summed E-state index contributed by atoms with van der Waals surface area (Å²) in [7, 11) is 0. The summed E-state index contributed by atoms with van der Waals surface area (Å²) >= 11 is 1.83. The molecule has 0 unspecified atom stereocenters. The second-order valence-electron chi connectivity index (χ2n) is 4.64. The number of hydrogen-bond donors (Lipinski definition) is 1. The van der Waals surface area contributed by atoms with Crippen molar-refractivity contribution in [2.24, 2.45) is 0 Å². The Morgan fingerprint density at radius 3 is 2.84 bits per heavy atom. The van der Waals surface area contributed by atoms with Crippen LogP contribution < -0.4 is 5.32 Å². The molecule has 0 radical (unpaired) electrons. The number of aryl methyl sites for hydroxylation is 1. The van der Waals surface area contributed by atoms with E-state index in [9.17, 15) is 0 Å². The van der Waals surface area contributed by atoms with Gasteiger partial charge in [0.25, 0.3) is 0 Å². The van der Waals surface area contributed by atoms with Gasteiger partial charge in [-0.25, -0.2) is 0 Å². The summed E-state index contributed by atoms with van der Waals surface area (Å²) in [6, 6.07) is 10.6. The van der Waals surface area contributed by atoms with Crippen LogP contribution in [0.2, 0.25) is 0 Å². The Hall–Kier alpha value is -1.19. The van der Waals surface area contributed by atoms with Crippen molar-refractivity contribution in [1.29, 1.82) is 0 Å². The number of thioether (sulfide) groups is 1. The third kappa shape index (κ3) is 4.44. The van der Waals surface area contributed by atoms with Gasteiger partial charge in [-0.15, -0.1) is 11.8 Å². The summed E-state index contributed by atoms with van der Waals surface area (Å²) in [4.78, 5) is 1.33. The maximum atomic E-state index is 5.35. The molecule has 2 nitrogen and oxygen atoms in total. The highest BCUT2D eigenvalue weighted by Crippen LogP contribution is 2.26. The number of furan rings is 1. The normalized spacial score (nSPS) is 10.8. The fourth-order valence-electron chi connectivity index (χ4n) is 1.94. The Morgan fingerprint density at radius 2 is 2.16 bits per heavy atom. The van der Waals surface area contributed by atoms with Crippen molar-refractivity contribution in [3.8, 4) is 0 Å². The van der Waals surface area contributed by atoms with Gasteiger partial charge in [-0.05, 0) is 49.2 Å². The lowest BCUT2D eigenvalue weighted by atomic mass is 10.1. The predicted molar refractivity (Wildman–Crippen MR) is 81.4 cm³/mol. The molecule has 0 atom stereocenters. The standard InChI is InChI=1S/C16H21NOS/c1-3-8-17-11-14-6-7-16(13(2)10-14)19-12-15-5-4-9-18-15/h4-7,9-10,17H,3,8,11-12H2,1-2H3. The highest BCUT2D eigenvalue weighted by atomic mass is 32.2. The molecule has 19 heavy (non-hydrogen) atoms. The van der Waals surface area contributed by atoms with Gasteiger partial charge in [0.05, 0.1) is 12.0 Å². The van der Waals surface area contributed by atoms with Gasteiger partial charge in [-0.2, -0.15) is 0 Å². The van der Waals surface area contributed by atoms with E-state index < -0.39 is 0 Å². The molecule has 0 spiro atoms. The Balaban J connectivity index is 1.91. The van der Waals surface area contributed by atoms with Crippen LogP contribution in [0.4, 0.5) is 0 Å². The summed E-state index contributed by atoms with van der Waals surface area (Å²) in [5.41, 5.74) is 2.70. The molecule has 0 aliphatic carbocycles. The molecular formula is C16H21NOS. The van der Waals surface area contributed by atoms with Crippen molar-refractivity contribution < 1.29 is 4.42 Å². The number of rotatable bonds is 7. The number of hydrogen-bond acceptors (Lipinski definition) is 3. The molecule has 1 heterocycles. The van der Waals surface area contributed by atoms with Crippen molar-refractivity contribution in [2.75, 3.05) is 6.54 Å². The summed E-state index contributed by atoms with van der Waals surface area (Å²) in [6.07, 6.45) is 2.90. The largest absolute Gasteiger partial charge is 0.468 e. The van der Waals surface area contributed by atoms with Gasteiger partial charge in [-0.3, -0.25) is 0 Å². The van der Waals surface area contributed by atoms with Crippen LogP contribution in [0.15, 0.2) is 45.9 Å². The van der Waals surface area contributed by atoms with Crippen LogP contribution in [0.25, 0.3) is 0 Å². The minimum absolute atomic E-state index is 0.890. The van der Waals surface area contributed by atoms with E-state index in [1.54, 1.807) is 6.26 Å². The molecule has 102 valence electrons. The summed E-state index contributed by atoms with van der Waals surface area (Å²) in [5, 5.41) is 3.43. The van der Waals surface area contributed by atoms with Crippen LogP contribution in [0.3, 0.4) is 0 Å². The van der Waals surface area contributed by atoms with Crippen LogP contribution in [0, 0.1) is 6.92 Å². The lowest BCUT2D eigenvalue weighted by Gasteiger charge is -2.08. The van der Waals surface area contributed by atoms with Crippen LogP contribution in [-0.2, 0) is 12.3 Å². The Kier molecular flexibility index (Phi) is 5.55. The molecule has 0 aliphatic rings. The minimum atomic E-state index is 0.890. The third-order valence-electron chi connectivity index (χ3n) is 2.95. The quantitative estimate of drug-likeness (QED) is 0.599. The van der Waals surface area contributed by atoms with Crippen LogP contribution in [-0.4, -0.2) is 6.54 Å². The van der Waals surface area contributed by atoms with Crippen molar-refractivity contribution in [3.63, 3.8) is 0 Å². The molecule has 3 heteroatoms. The van der Waals surface area contributed by atoms with E-state index in [4.69, 9.17) is 4.42 Å². The van der Waals surface area contributed by atoms with E-state index in [0.717, 1.165) is 24.6 Å². The molecule has 1 N–H and O–H groups in total. The molecule has 0 aliphatic heterocycles. The molecule has 0 saturated carbocycles. The van der Waals surface area contributed by atoms with Gasteiger partial charge < -0.3 is 9.73 Å². The molecule has 2 aromatic rings. The number of benzene rings is 1. The lowest BCUT2D eigenvalue weighted by Crippen LogP contribution is -2.13. The maximum absolute atomic E-state index is 5.35. The van der Waals surface area contributed by atoms with Gasteiger partial charge in [0.2, 0.25) is 0 Å². The van der Waals surface area contributed by atoms with Crippen molar-refractivity contribution >= 4 is 11.8 Å². The molecule has 1 aromatic heterocycles. The van der Waals surface area contributed by atoms with E-state index in [1.807, 2.05) is 23.9 Å². The second kappa shape index (κ2) is 7.41. The predicted octanol–water partition coefficient (Wildman–Crippen LogP) is 4.38. The average molecular weight is 275 g/mol. The molecule has 0 bridgehead atoms. The monoisotopic (exact) mass is 275 g/mol. The smallest absolute Gasteiger partial charge is 0.113 e. The van der Waals surface area contributed by atoms with Gasteiger partial charge in [0.15, 0.2) is 0 Å². The fourth-order valence-corrected chi connectivity index (χ4v) is 2.85. The third-order valence-corrected chi connectivity index (χ3v) is 4.14. The van der Waals surface area contributed by atoms with E-state index in [0.29, 0.717) is 0 Å². The Morgan fingerprint density at radius 1 is 1.26 bits per heavy atom. The van der Waals surface area contributed by atoms with Gasteiger partial charge in [-0.1, -0.05) is 19.1 Å². The molecule has 0 amide bonds. The fraction of sp³-hybridized carbons (Fsp3) is 0.375. The molecule has 1 aromatic carbocycles. The maximum Gasteiger partial charge on any atom is 0.113 e. The topological polar surface area (TPSA) is 25.2 Å². The number of nitrogens with one attached hydrogen (secondary N) is 1. The highest BCUT2D eigenvalue weighted by Gasteiger charge is 2.03. The zero-order chi connectivity index (χ0) is 13.5. The van der Waals surface area contributed by atoms with Crippen LogP contribution in [0.5, 0.6) is 0 Å². The van der Waals surface area contributed by atoms with Gasteiger partial charge >= 0.3 is 0 Å². The minimum Gasteiger partial charge on any atom is -0.468 e. The van der Waals surface area contributed by atoms with E-state index in [2.05, 4.69) is 37.4 Å². The van der Waals surface area contributed by atoms with E-state index in [1.165, 1.54) is 22.4 Å². The van der Waals surface area contributed by atoms with Crippen molar-refractivity contribution in [2.45, 2.75) is 37.5 Å². The first kappa shape index (κ1) is 14.2. The van der Waals surface area contributed by atoms with Gasteiger partial charge in [0, 0.05) is 11.4 Å². The highest BCUT2D eigenvalue weighted by molar-refractivity contribution is 7.98. The SMILES string of the molecule is CCCNCc1ccc(SCc2ccco2)c(C)c1.